The molecule has 0 spiro atoms. The molecule has 0 saturated carbocycles. The summed E-state index contributed by atoms with van der Waals surface area (Å²) in [4.78, 5) is 0. The second kappa shape index (κ2) is 47.6. The molecule has 0 atom stereocenters. The fourth-order valence-electron chi connectivity index (χ4n) is 16.4. The first kappa shape index (κ1) is 88.6. The van der Waals surface area contributed by atoms with Crippen LogP contribution in [0.3, 0.4) is 0 Å². The van der Waals surface area contributed by atoms with Gasteiger partial charge in [0.2, 0.25) is 0 Å². The highest BCUT2D eigenvalue weighted by Gasteiger charge is 2.14. The van der Waals surface area contributed by atoms with Crippen molar-refractivity contribution < 1.29 is 4.74 Å². The van der Waals surface area contributed by atoms with Crippen molar-refractivity contribution in [1.29, 1.82) is 0 Å². The van der Waals surface area contributed by atoms with Crippen LogP contribution in [0.2, 0.25) is 0 Å². The van der Waals surface area contributed by atoms with Crippen molar-refractivity contribution in [2.45, 2.75) is 19.3 Å². The fourth-order valence-corrected chi connectivity index (χ4v) is 16.4. The summed E-state index contributed by atoms with van der Waals surface area (Å²) in [5, 5.41) is 21.2. The molecule has 0 radical (unpaired) electrons. The van der Waals surface area contributed by atoms with Gasteiger partial charge in [-0.2, -0.15) is 0 Å². The molecule has 1 heteroatoms. The highest BCUT2D eigenvalue weighted by Crippen LogP contribution is 2.37. The average Bonchev–Trinajstić information content (AvgIpc) is 0.750. The molecular formula is C131H104O. The van der Waals surface area contributed by atoms with Gasteiger partial charge < -0.3 is 4.74 Å². The Bertz CT molecular complexity index is 6780. The Hall–Kier alpha value is -16.8. The quantitative estimate of drug-likeness (QED) is 0.114. The zero-order valence-corrected chi connectivity index (χ0v) is 74.1. The summed E-state index contributed by atoms with van der Waals surface area (Å²) in [6, 6.07) is 206. The number of fused-ring (bicyclic) bond motifs is 15. The minimum Gasteiger partial charge on any atom is -0.457 e. The van der Waals surface area contributed by atoms with Crippen molar-refractivity contribution in [2.75, 3.05) is 0 Å². The van der Waals surface area contributed by atoms with E-state index in [4.69, 9.17) is 4.74 Å². The van der Waals surface area contributed by atoms with E-state index in [0.29, 0.717) is 0 Å². The van der Waals surface area contributed by atoms with Crippen LogP contribution in [-0.2, 0) is 19.3 Å². The van der Waals surface area contributed by atoms with Gasteiger partial charge in [0, 0.05) is 0 Å². The van der Waals surface area contributed by atoms with Crippen molar-refractivity contribution >= 4 is 86.2 Å². The molecule has 1 aliphatic carbocycles. The summed E-state index contributed by atoms with van der Waals surface area (Å²) in [6.45, 7) is 0. The summed E-state index contributed by atoms with van der Waals surface area (Å²) >= 11 is 0. The second-order valence-corrected chi connectivity index (χ2v) is 31.9. The summed E-state index contributed by atoms with van der Waals surface area (Å²) in [5.74, 6) is 1.74. The van der Waals surface area contributed by atoms with Crippen molar-refractivity contribution in [2.24, 2.45) is 0 Å². The third-order valence-corrected chi connectivity index (χ3v) is 23.0. The highest BCUT2D eigenvalue weighted by molar-refractivity contribution is 6.25. The molecule has 0 bridgehead atoms. The molecule has 0 amide bonds. The number of hydrogen-bond donors (Lipinski definition) is 0. The lowest BCUT2D eigenvalue weighted by Gasteiger charge is -2.19. The van der Waals surface area contributed by atoms with Gasteiger partial charge in [-0.25, -0.2) is 0 Å². The molecule has 0 unspecified atom stereocenters. The maximum atomic E-state index is 5.58. The lowest BCUT2D eigenvalue weighted by molar-refractivity contribution is 0.482. The predicted octanol–water partition coefficient (Wildman–Crippen LogP) is 36.2. The van der Waals surface area contributed by atoms with E-state index in [1.165, 1.54) is 166 Å². The topological polar surface area (TPSA) is 9.23 Å². The third-order valence-electron chi connectivity index (χ3n) is 23.0. The summed E-state index contributed by atoms with van der Waals surface area (Å²) in [6.07, 6.45) is 3.40. The van der Waals surface area contributed by atoms with Crippen LogP contribution in [0, 0.1) is 0 Å². The van der Waals surface area contributed by atoms with Crippen LogP contribution in [0.5, 0.6) is 11.5 Å². The van der Waals surface area contributed by atoms with Crippen molar-refractivity contribution in [3.8, 4) is 56.0 Å². The van der Waals surface area contributed by atoms with E-state index in [0.717, 1.165) is 17.9 Å². The van der Waals surface area contributed by atoms with Gasteiger partial charge in [-0.1, -0.05) is 558 Å². The van der Waals surface area contributed by atoms with Gasteiger partial charge in [-0.05, 0) is 209 Å². The van der Waals surface area contributed by atoms with E-state index in [1.807, 2.05) is 121 Å². The summed E-state index contributed by atoms with van der Waals surface area (Å²) in [7, 11) is 0. The summed E-state index contributed by atoms with van der Waals surface area (Å²) < 4.78 is 5.58. The maximum absolute atomic E-state index is 5.58. The molecule has 0 heterocycles. The molecule has 0 aliphatic heterocycles. The van der Waals surface area contributed by atoms with E-state index in [9.17, 15) is 0 Å². The Kier molecular flexibility index (Phi) is 32.0. The van der Waals surface area contributed by atoms with Crippen molar-refractivity contribution in [3.63, 3.8) is 0 Å². The van der Waals surface area contributed by atoms with E-state index in [2.05, 4.69) is 473 Å². The van der Waals surface area contributed by atoms with Crippen molar-refractivity contribution in [3.05, 3.63) is 617 Å². The van der Waals surface area contributed by atoms with Gasteiger partial charge in [0.05, 0.1) is 0 Å². The standard InChI is InChI=1S/C18H12.C18H14.C14H12.2C14H10.C13H12.C12H10O.C12H10.C10H8.C6H6/c1-2-8-14-13(7-1)15-9-3-4-11-17(15)18-12-6-5-10-16(14)18;1-3-7-15(8-4-1)17-11-13-18(14-12-17)16-9-5-2-6-10-16;2*1-3-7-13-11(5-1)9-10-12-6-2-4-8-14(12)13;1-2-6-12-10-14-8-4-3-7-13(14)9-11(12)5-1;1-3-7-12(8-4-1)11-13-9-5-2-6-10-13;1-3-7-11(8-4-1)13-12-9-5-2-6-10-12;1-3-7-11(8-4-1)12-9-5-2-6-10-12;1-2-6-10-8-4-3-7-9(10)5-1;1-2-4-6-5-3-1/h1-12H;1-14H;1-8H,9-10H2;2*1-10H;1-10H,11H2;1-10H;1-10H;1-8H;1-6H. The lowest BCUT2D eigenvalue weighted by Crippen LogP contribution is -2.02. The molecule has 1 aliphatic rings. The molecule has 0 aromatic heterocycles. The maximum Gasteiger partial charge on any atom is 0.127 e. The highest BCUT2D eigenvalue weighted by atomic mass is 16.5. The van der Waals surface area contributed by atoms with Gasteiger partial charge in [0.1, 0.15) is 11.5 Å². The Morgan fingerprint density at radius 2 is 0.326 bits per heavy atom. The molecule has 0 fully saturated rings. The monoisotopic (exact) mass is 1690 g/mol. The Labute approximate surface area is 777 Å². The van der Waals surface area contributed by atoms with Crippen LogP contribution < -0.4 is 4.74 Å². The molecule has 24 aromatic carbocycles. The van der Waals surface area contributed by atoms with E-state index in [-0.39, 0.29) is 0 Å². The largest absolute Gasteiger partial charge is 0.457 e. The molecule has 24 aromatic rings. The molecule has 634 valence electrons. The van der Waals surface area contributed by atoms with Gasteiger partial charge >= 0.3 is 0 Å². The zero-order chi connectivity index (χ0) is 89.4. The smallest absolute Gasteiger partial charge is 0.127 e. The first-order valence-electron chi connectivity index (χ1n) is 45.3. The third kappa shape index (κ3) is 25.1. The van der Waals surface area contributed by atoms with E-state index < -0.39 is 0 Å². The number of rotatable bonds is 7. The predicted molar refractivity (Wildman–Crippen MR) is 569 cm³/mol. The minimum atomic E-state index is 0.869. The molecule has 0 saturated heterocycles. The first-order chi connectivity index (χ1) is 65.5. The Morgan fingerprint density at radius 3 is 0.598 bits per heavy atom. The van der Waals surface area contributed by atoms with Crippen LogP contribution >= 0.6 is 0 Å². The Balaban J connectivity index is 0.000000108. The number of benzene rings is 24. The van der Waals surface area contributed by atoms with Gasteiger partial charge in [-0.3, -0.25) is 0 Å². The Morgan fingerprint density at radius 1 is 0.136 bits per heavy atom. The van der Waals surface area contributed by atoms with Gasteiger partial charge in [0.25, 0.3) is 0 Å². The average molecular weight is 1690 g/mol. The number of aryl methyl sites for hydroxylation is 2. The number of ether oxygens (including phenoxy) is 1. The van der Waals surface area contributed by atoms with Gasteiger partial charge in [-0.15, -0.1) is 0 Å². The lowest BCUT2D eigenvalue weighted by atomic mass is 9.86. The van der Waals surface area contributed by atoms with Crippen LogP contribution in [0.15, 0.2) is 595 Å². The minimum absolute atomic E-state index is 0.869. The molecule has 1 nitrogen and oxygen atoms in total. The summed E-state index contributed by atoms with van der Waals surface area (Å²) in [5.41, 5.74) is 16.2. The van der Waals surface area contributed by atoms with Crippen LogP contribution in [0.25, 0.3) is 131 Å². The molecule has 0 N–H and O–H groups in total. The molecule has 132 heavy (non-hydrogen) atoms. The zero-order valence-electron chi connectivity index (χ0n) is 74.1. The van der Waals surface area contributed by atoms with Crippen LogP contribution in [-0.4, -0.2) is 0 Å². The molecule has 25 rings (SSSR count). The van der Waals surface area contributed by atoms with E-state index in [1.54, 1.807) is 0 Å². The van der Waals surface area contributed by atoms with Crippen LogP contribution in [0.1, 0.15) is 22.3 Å². The first-order valence-corrected chi connectivity index (χ1v) is 45.3. The SMILES string of the molecule is c1ccc(-c2ccc(-c3ccccc3)cc2)cc1.c1ccc(-c2ccccc2)cc1.c1ccc(Cc2ccccc2)cc1.c1ccc(Oc2ccccc2)cc1.c1ccc2c(c1)CCc1ccccc1-2.c1ccc2c(c1)c1ccccc1c1ccccc21.c1ccc2c(c1)ccc1ccccc12.c1ccc2cc3ccccc3cc2c1.c1ccc2ccccc2c1.c1ccccc1. The van der Waals surface area contributed by atoms with Crippen LogP contribution in [0.4, 0.5) is 0 Å². The number of hydrogen-bond acceptors (Lipinski definition) is 1. The fraction of sp³-hybridized carbons (Fsp3) is 0.0229. The normalized spacial score (nSPS) is 10.5. The van der Waals surface area contributed by atoms with E-state index >= 15 is 0 Å². The molecular weight excluding hydrogens is 1590 g/mol. The van der Waals surface area contributed by atoms with Gasteiger partial charge in [0.15, 0.2) is 0 Å². The second-order valence-electron chi connectivity index (χ2n) is 31.9. The van der Waals surface area contributed by atoms with Crippen molar-refractivity contribution in [1.82, 2.24) is 0 Å². The number of para-hydroxylation sites is 2.